The van der Waals surface area contributed by atoms with Gasteiger partial charge < -0.3 is 5.32 Å². The second-order valence-corrected chi connectivity index (χ2v) is 8.14. The molecule has 1 amide bonds. The number of unbranched alkanes of at least 4 members (excludes halogenated alkanes) is 4. The van der Waals surface area contributed by atoms with Crippen molar-refractivity contribution in [2.75, 3.05) is 5.32 Å². The Labute approximate surface area is 182 Å². The highest BCUT2D eigenvalue weighted by Gasteiger charge is 2.17. The SMILES string of the molecule is CCCCCCCc1c(C)nn(C(=O)CCC(=O)Nc2ccc(Cl)cc2Cl)c1C. The van der Waals surface area contributed by atoms with Crippen molar-refractivity contribution in [2.24, 2.45) is 0 Å². The molecule has 0 saturated carbocycles. The predicted octanol–water partition coefficient (Wildman–Crippen LogP) is 6.38. The number of halogens is 2. The molecule has 1 N–H and O–H groups in total. The zero-order valence-electron chi connectivity index (χ0n) is 17.4. The van der Waals surface area contributed by atoms with E-state index in [1.807, 2.05) is 13.8 Å². The molecule has 1 aromatic carbocycles. The highest BCUT2D eigenvalue weighted by molar-refractivity contribution is 6.36. The molecule has 0 radical (unpaired) electrons. The number of carbonyl (C=O) groups is 2. The molecule has 1 heterocycles. The first-order valence-corrected chi connectivity index (χ1v) is 10.9. The highest BCUT2D eigenvalue weighted by Crippen LogP contribution is 2.25. The third-order valence-electron chi connectivity index (χ3n) is 4.98. The molecule has 29 heavy (non-hydrogen) atoms. The first-order valence-electron chi connectivity index (χ1n) is 10.2. The van der Waals surface area contributed by atoms with Gasteiger partial charge in [0.1, 0.15) is 0 Å². The quantitative estimate of drug-likeness (QED) is 0.438. The summed E-state index contributed by atoms with van der Waals surface area (Å²) < 4.78 is 1.44. The molecule has 0 aliphatic carbocycles. The Morgan fingerprint density at radius 1 is 1.07 bits per heavy atom. The van der Waals surface area contributed by atoms with Crippen molar-refractivity contribution in [3.8, 4) is 0 Å². The van der Waals surface area contributed by atoms with Crippen LogP contribution in [0.25, 0.3) is 0 Å². The second kappa shape index (κ2) is 11.4. The van der Waals surface area contributed by atoms with Crippen LogP contribution < -0.4 is 5.32 Å². The van der Waals surface area contributed by atoms with Gasteiger partial charge in [0, 0.05) is 23.6 Å². The number of benzene rings is 1. The number of nitrogens with zero attached hydrogens (tertiary/aromatic N) is 2. The molecule has 0 saturated heterocycles. The number of aryl methyl sites for hydroxylation is 1. The number of nitrogens with one attached hydrogen (secondary N) is 1. The Balaban J connectivity index is 1.90. The minimum absolute atomic E-state index is 0.0580. The maximum atomic E-state index is 12.6. The van der Waals surface area contributed by atoms with Crippen LogP contribution >= 0.6 is 23.2 Å². The first-order chi connectivity index (χ1) is 13.8. The molecule has 0 unspecified atom stereocenters. The van der Waals surface area contributed by atoms with Gasteiger partial charge in [-0.1, -0.05) is 55.8 Å². The number of hydrogen-bond acceptors (Lipinski definition) is 3. The Kier molecular flexibility index (Phi) is 9.18. The molecular formula is C22H29Cl2N3O2. The summed E-state index contributed by atoms with van der Waals surface area (Å²) in [7, 11) is 0. The lowest BCUT2D eigenvalue weighted by Gasteiger charge is -2.08. The van der Waals surface area contributed by atoms with Crippen molar-refractivity contribution in [1.82, 2.24) is 9.78 Å². The van der Waals surface area contributed by atoms with Crippen LogP contribution in [0.4, 0.5) is 5.69 Å². The highest BCUT2D eigenvalue weighted by atomic mass is 35.5. The number of aromatic nitrogens is 2. The van der Waals surface area contributed by atoms with Gasteiger partial charge in [0.25, 0.3) is 0 Å². The van der Waals surface area contributed by atoms with E-state index in [0.717, 1.165) is 29.8 Å². The van der Waals surface area contributed by atoms with Crippen LogP contribution in [0.1, 0.15) is 73.6 Å². The van der Waals surface area contributed by atoms with E-state index in [1.165, 1.54) is 30.4 Å². The average Bonchev–Trinajstić information content (AvgIpc) is 2.96. The Morgan fingerprint density at radius 3 is 2.48 bits per heavy atom. The number of amides is 1. The van der Waals surface area contributed by atoms with Gasteiger partial charge in [-0.25, -0.2) is 4.68 Å². The summed E-state index contributed by atoms with van der Waals surface area (Å²) in [6.07, 6.45) is 7.10. The largest absolute Gasteiger partial charge is 0.325 e. The minimum Gasteiger partial charge on any atom is -0.325 e. The monoisotopic (exact) mass is 437 g/mol. The Hall–Kier alpha value is -1.85. The van der Waals surface area contributed by atoms with Gasteiger partial charge in [0.2, 0.25) is 11.8 Å². The second-order valence-electron chi connectivity index (χ2n) is 7.29. The summed E-state index contributed by atoms with van der Waals surface area (Å²) in [4.78, 5) is 24.8. The summed E-state index contributed by atoms with van der Waals surface area (Å²) >= 11 is 11.9. The standard InChI is InChI=1S/C22H29Cl2N3O2/c1-4-5-6-7-8-9-18-15(2)26-27(16(18)3)22(29)13-12-21(28)25-20-11-10-17(23)14-19(20)24/h10-11,14H,4-9,12-13H2,1-3H3,(H,25,28). The summed E-state index contributed by atoms with van der Waals surface area (Å²) in [5.41, 5.74) is 3.39. The van der Waals surface area contributed by atoms with E-state index in [9.17, 15) is 9.59 Å². The van der Waals surface area contributed by atoms with Gasteiger partial charge in [-0.15, -0.1) is 0 Å². The Bertz CT molecular complexity index is 862. The topological polar surface area (TPSA) is 64.0 Å². The zero-order chi connectivity index (χ0) is 21.4. The van der Waals surface area contributed by atoms with Crippen molar-refractivity contribution in [3.63, 3.8) is 0 Å². The van der Waals surface area contributed by atoms with Gasteiger partial charge in [-0.2, -0.15) is 5.10 Å². The molecule has 0 aliphatic heterocycles. The average molecular weight is 438 g/mol. The van der Waals surface area contributed by atoms with E-state index in [2.05, 4.69) is 17.3 Å². The molecule has 0 atom stereocenters. The van der Waals surface area contributed by atoms with Crippen molar-refractivity contribution >= 4 is 40.7 Å². The molecule has 7 heteroatoms. The van der Waals surface area contributed by atoms with Crippen LogP contribution in [0.3, 0.4) is 0 Å². The van der Waals surface area contributed by atoms with Crippen LogP contribution in [-0.4, -0.2) is 21.6 Å². The summed E-state index contributed by atoms with van der Waals surface area (Å²) in [6, 6.07) is 4.84. The van der Waals surface area contributed by atoms with Gasteiger partial charge in [-0.3, -0.25) is 9.59 Å². The van der Waals surface area contributed by atoms with Crippen molar-refractivity contribution in [3.05, 3.63) is 45.2 Å². The maximum Gasteiger partial charge on any atom is 0.247 e. The Morgan fingerprint density at radius 2 is 1.79 bits per heavy atom. The molecule has 0 aliphatic rings. The van der Waals surface area contributed by atoms with Crippen LogP contribution in [0, 0.1) is 13.8 Å². The number of rotatable bonds is 10. The van der Waals surface area contributed by atoms with Gasteiger partial charge in [-0.05, 0) is 50.5 Å². The lowest BCUT2D eigenvalue weighted by molar-refractivity contribution is -0.116. The van der Waals surface area contributed by atoms with E-state index in [-0.39, 0.29) is 24.7 Å². The molecule has 5 nitrogen and oxygen atoms in total. The van der Waals surface area contributed by atoms with Crippen LogP contribution in [0.15, 0.2) is 18.2 Å². The lowest BCUT2D eigenvalue weighted by Crippen LogP contribution is -2.18. The molecule has 0 fully saturated rings. The molecule has 1 aromatic heterocycles. The van der Waals surface area contributed by atoms with E-state index < -0.39 is 0 Å². The van der Waals surface area contributed by atoms with Crippen LogP contribution in [0.5, 0.6) is 0 Å². The third kappa shape index (κ3) is 6.86. The zero-order valence-corrected chi connectivity index (χ0v) is 18.9. The molecule has 0 spiro atoms. The van der Waals surface area contributed by atoms with E-state index >= 15 is 0 Å². The summed E-state index contributed by atoms with van der Waals surface area (Å²) in [5.74, 6) is -0.458. The van der Waals surface area contributed by atoms with Crippen LogP contribution in [0.2, 0.25) is 10.0 Å². The smallest absolute Gasteiger partial charge is 0.247 e. The fourth-order valence-electron chi connectivity index (χ4n) is 3.31. The first kappa shape index (κ1) is 23.4. The van der Waals surface area contributed by atoms with Gasteiger partial charge >= 0.3 is 0 Å². The fraction of sp³-hybridized carbons (Fsp3) is 0.500. The molecule has 2 aromatic rings. The maximum absolute atomic E-state index is 12.6. The van der Waals surface area contributed by atoms with Crippen molar-refractivity contribution < 1.29 is 9.59 Å². The van der Waals surface area contributed by atoms with Crippen molar-refractivity contribution in [1.29, 1.82) is 0 Å². The summed E-state index contributed by atoms with van der Waals surface area (Å²) in [5, 5.41) is 7.97. The van der Waals surface area contributed by atoms with Gasteiger partial charge in [0.15, 0.2) is 0 Å². The summed E-state index contributed by atoms with van der Waals surface area (Å²) in [6.45, 7) is 6.06. The molecular weight excluding hydrogens is 409 g/mol. The van der Waals surface area contributed by atoms with E-state index in [1.54, 1.807) is 18.2 Å². The molecule has 2 rings (SSSR count). The third-order valence-corrected chi connectivity index (χ3v) is 5.53. The van der Waals surface area contributed by atoms with Crippen LogP contribution in [-0.2, 0) is 11.2 Å². The van der Waals surface area contributed by atoms with Gasteiger partial charge in [0.05, 0.1) is 16.4 Å². The van der Waals surface area contributed by atoms with E-state index in [4.69, 9.17) is 23.2 Å². The molecule has 0 bridgehead atoms. The lowest BCUT2D eigenvalue weighted by atomic mass is 10.0. The number of carbonyl (C=O) groups excluding carboxylic acids is 2. The van der Waals surface area contributed by atoms with Crippen molar-refractivity contribution in [2.45, 2.75) is 72.1 Å². The number of hydrogen-bond donors (Lipinski definition) is 1. The fourth-order valence-corrected chi connectivity index (χ4v) is 3.77. The number of anilines is 1. The normalized spacial score (nSPS) is 10.9. The predicted molar refractivity (Wildman–Crippen MR) is 119 cm³/mol. The van der Waals surface area contributed by atoms with E-state index in [0.29, 0.717) is 15.7 Å². The molecule has 158 valence electrons. The minimum atomic E-state index is -0.278.